The molecule has 1 aromatic rings. The van der Waals surface area contributed by atoms with Crippen LogP contribution in [-0.4, -0.2) is 26.2 Å². The first kappa shape index (κ1) is 16.9. The summed E-state index contributed by atoms with van der Waals surface area (Å²) in [7, 11) is -3.80. The second-order valence-electron chi connectivity index (χ2n) is 5.13. The highest BCUT2D eigenvalue weighted by molar-refractivity contribution is 7.89. The van der Waals surface area contributed by atoms with Crippen molar-refractivity contribution in [3.05, 3.63) is 23.5 Å². The van der Waals surface area contributed by atoms with Gasteiger partial charge in [0.25, 0.3) is 0 Å². The van der Waals surface area contributed by atoms with Crippen molar-refractivity contribution in [1.82, 2.24) is 4.72 Å². The maximum atomic E-state index is 13.4. The largest absolute Gasteiger partial charge is 0.396 e. The van der Waals surface area contributed by atoms with Gasteiger partial charge in [0.05, 0.1) is 10.6 Å². The average Bonchev–Trinajstić information content (AvgIpc) is 2.34. The highest BCUT2D eigenvalue weighted by Gasteiger charge is 2.23. The van der Waals surface area contributed by atoms with Crippen LogP contribution in [0.5, 0.6) is 0 Å². The summed E-state index contributed by atoms with van der Waals surface area (Å²) >= 11 is 0. The number of sulfonamides is 1. The zero-order chi connectivity index (χ0) is 15.5. The lowest BCUT2D eigenvalue weighted by Crippen LogP contribution is -2.39. The van der Waals surface area contributed by atoms with Crippen molar-refractivity contribution in [1.29, 1.82) is 0 Å². The zero-order valence-electron chi connectivity index (χ0n) is 11.9. The number of hydrogen-bond donors (Lipinski definition) is 3. The van der Waals surface area contributed by atoms with Crippen LogP contribution in [0.25, 0.3) is 0 Å². The third-order valence-electron chi connectivity index (χ3n) is 3.12. The van der Waals surface area contributed by atoms with Gasteiger partial charge in [0, 0.05) is 12.6 Å². The van der Waals surface area contributed by atoms with Crippen LogP contribution >= 0.6 is 0 Å². The first-order valence-electron chi connectivity index (χ1n) is 6.38. The van der Waals surface area contributed by atoms with Crippen molar-refractivity contribution in [3.63, 3.8) is 0 Å². The van der Waals surface area contributed by atoms with Gasteiger partial charge in [-0.2, -0.15) is 0 Å². The van der Waals surface area contributed by atoms with Crippen LogP contribution in [0.4, 0.5) is 10.1 Å². The minimum Gasteiger partial charge on any atom is -0.396 e. The maximum absolute atomic E-state index is 13.4. The molecule has 0 saturated heterocycles. The van der Waals surface area contributed by atoms with Gasteiger partial charge >= 0.3 is 0 Å². The fourth-order valence-corrected chi connectivity index (χ4v) is 3.39. The van der Waals surface area contributed by atoms with Crippen molar-refractivity contribution in [3.8, 4) is 0 Å². The zero-order valence-corrected chi connectivity index (χ0v) is 12.7. The lowest BCUT2D eigenvalue weighted by Gasteiger charge is -2.21. The standard InChI is InChI=1S/C13H21FN2O3S/c1-8(2)12(4-5-17)16-20(18,19)10-6-9(3)13(14)11(15)7-10/h6-8,12,16-17H,4-5,15H2,1-3H3. The van der Waals surface area contributed by atoms with E-state index in [1.807, 2.05) is 13.8 Å². The molecule has 0 aromatic heterocycles. The number of nitrogens with one attached hydrogen (secondary N) is 1. The molecule has 0 fully saturated rings. The number of nitrogens with two attached hydrogens (primary N) is 1. The fourth-order valence-electron chi connectivity index (χ4n) is 1.85. The first-order chi connectivity index (χ1) is 9.19. The second-order valence-corrected chi connectivity index (χ2v) is 6.84. The normalized spacial score (nSPS) is 13.7. The smallest absolute Gasteiger partial charge is 0.240 e. The summed E-state index contributed by atoms with van der Waals surface area (Å²) in [5, 5.41) is 8.97. The highest BCUT2D eigenvalue weighted by atomic mass is 32.2. The number of hydrogen-bond acceptors (Lipinski definition) is 4. The van der Waals surface area contributed by atoms with E-state index >= 15 is 0 Å². The van der Waals surface area contributed by atoms with E-state index in [1.54, 1.807) is 0 Å². The van der Waals surface area contributed by atoms with Crippen LogP contribution in [0.1, 0.15) is 25.8 Å². The lowest BCUT2D eigenvalue weighted by atomic mass is 10.0. The Labute approximate surface area is 119 Å². The summed E-state index contributed by atoms with van der Waals surface area (Å²) in [6, 6.07) is 1.95. The van der Waals surface area contributed by atoms with Gasteiger partial charge in [0.15, 0.2) is 0 Å². The second kappa shape index (κ2) is 6.51. The average molecular weight is 304 g/mol. The molecule has 114 valence electrons. The van der Waals surface area contributed by atoms with Crippen molar-refractivity contribution in [2.45, 2.75) is 38.1 Å². The number of anilines is 1. The highest BCUT2D eigenvalue weighted by Crippen LogP contribution is 2.21. The van der Waals surface area contributed by atoms with Crippen molar-refractivity contribution >= 4 is 15.7 Å². The first-order valence-corrected chi connectivity index (χ1v) is 7.86. The van der Waals surface area contributed by atoms with E-state index in [-0.39, 0.29) is 28.7 Å². The topological polar surface area (TPSA) is 92.4 Å². The van der Waals surface area contributed by atoms with Gasteiger partial charge in [-0.1, -0.05) is 13.8 Å². The predicted molar refractivity (Wildman–Crippen MR) is 76.2 cm³/mol. The molecule has 0 radical (unpaired) electrons. The minimum absolute atomic E-state index is 0.0239. The predicted octanol–water partition coefficient (Wildman–Crippen LogP) is 1.40. The third-order valence-corrected chi connectivity index (χ3v) is 4.59. The molecule has 1 atom stereocenters. The Hall–Kier alpha value is -1.18. The van der Waals surface area contributed by atoms with Crippen LogP contribution in [0.3, 0.4) is 0 Å². The van der Waals surface area contributed by atoms with E-state index < -0.39 is 21.9 Å². The van der Waals surface area contributed by atoms with E-state index in [9.17, 15) is 12.8 Å². The molecule has 20 heavy (non-hydrogen) atoms. The molecule has 0 heterocycles. The molecule has 4 N–H and O–H groups in total. The van der Waals surface area contributed by atoms with Crippen LogP contribution in [0.2, 0.25) is 0 Å². The molecule has 1 aromatic carbocycles. The van der Waals surface area contributed by atoms with Crippen molar-refractivity contribution in [2.24, 2.45) is 5.92 Å². The van der Waals surface area contributed by atoms with Crippen molar-refractivity contribution < 1.29 is 17.9 Å². The molecule has 0 bridgehead atoms. The lowest BCUT2D eigenvalue weighted by molar-refractivity contribution is 0.256. The Morgan fingerprint density at radius 1 is 1.40 bits per heavy atom. The number of benzene rings is 1. The Morgan fingerprint density at radius 3 is 2.45 bits per heavy atom. The maximum Gasteiger partial charge on any atom is 0.240 e. The third kappa shape index (κ3) is 3.91. The summed E-state index contributed by atoms with van der Waals surface area (Å²) in [4.78, 5) is -0.0718. The molecule has 0 amide bonds. The van der Waals surface area contributed by atoms with Gasteiger partial charge in [-0.3, -0.25) is 0 Å². The molecule has 1 rings (SSSR count). The summed E-state index contributed by atoms with van der Waals surface area (Å²) in [5.74, 6) is -0.587. The Morgan fingerprint density at radius 2 is 2.00 bits per heavy atom. The van der Waals surface area contributed by atoms with E-state index in [1.165, 1.54) is 13.0 Å². The summed E-state index contributed by atoms with van der Waals surface area (Å²) in [6.07, 6.45) is 0.312. The monoisotopic (exact) mass is 304 g/mol. The molecule has 0 aliphatic carbocycles. The van der Waals surface area contributed by atoms with Crippen molar-refractivity contribution in [2.75, 3.05) is 12.3 Å². The summed E-state index contributed by atoms with van der Waals surface area (Å²) in [6.45, 7) is 5.05. The number of nitrogen functional groups attached to an aromatic ring is 1. The van der Waals surface area contributed by atoms with E-state index in [4.69, 9.17) is 10.8 Å². The van der Waals surface area contributed by atoms with Crippen LogP contribution in [0, 0.1) is 18.7 Å². The molecular formula is C13H21FN2O3S. The molecule has 0 aliphatic rings. The number of aliphatic hydroxyl groups is 1. The van der Waals surface area contributed by atoms with Gasteiger partial charge < -0.3 is 10.8 Å². The SMILES string of the molecule is Cc1cc(S(=O)(=O)NC(CCO)C(C)C)cc(N)c1F. The molecular weight excluding hydrogens is 283 g/mol. The van der Waals surface area contributed by atoms with Crippen LogP contribution in [-0.2, 0) is 10.0 Å². The Kier molecular flexibility index (Phi) is 5.50. The molecule has 7 heteroatoms. The number of aliphatic hydroxyl groups excluding tert-OH is 1. The fraction of sp³-hybridized carbons (Fsp3) is 0.538. The molecule has 5 nitrogen and oxygen atoms in total. The number of halogens is 1. The number of aryl methyl sites for hydroxylation is 1. The van der Waals surface area contributed by atoms with E-state index in [0.29, 0.717) is 6.42 Å². The van der Waals surface area contributed by atoms with Gasteiger partial charge in [-0.15, -0.1) is 0 Å². The quantitative estimate of drug-likeness (QED) is 0.693. The van der Waals surface area contributed by atoms with Crippen LogP contribution < -0.4 is 10.5 Å². The molecule has 0 saturated carbocycles. The molecule has 1 unspecified atom stereocenters. The Bertz CT molecular complexity index is 550. The summed E-state index contributed by atoms with van der Waals surface area (Å²) in [5.41, 5.74) is 5.43. The van der Waals surface area contributed by atoms with Crippen LogP contribution in [0.15, 0.2) is 17.0 Å². The van der Waals surface area contributed by atoms with Gasteiger partial charge in [0.2, 0.25) is 10.0 Å². The molecule has 0 aliphatic heterocycles. The van der Waals surface area contributed by atoms with E-state index in [2.05, 4.69) is 4.72 Å². The minimum atomic E-state index is -3.80. The van der Waals surface area contributed by atoms with E-state index in [0.717, 1.165) is 6.07 Å². The van der Waals surface area contributed by atoms with Gasteiger partial charge in [-0.25, -0.2) is 17.5 Å². The van der Waals surface area contributed by atoms with Gasteiger partial charge in [0.1, 0.15) is 5.82 Å². The number of rotatable bonds is 6. The Balaban J connectivity index is 3.10. The van der Waals surface area contributed by atoms with Gasteiger partial charge in [-0.05, 0) is 37.0 Å². The summed E-state index contributed by atoms with van der Waals surface area (Å²) < 4.78 is 40.5. The molecule has 0 spiro atoms.